The van der Waals surface area contributed by atoms with Gasteiger partial charge in [-0.1, -0.05) is 17.7 Å². The van der Waals surface area contributed by atoms with Gasteiger partial charge in [-0.2, -0.15) is 0 Å². The first-order chi connectivity index (χ1) is 7.63. The second-order valence-electron chi connectivity index (χ2n) is 3.72. The molecule has 0 aliphatic carbocycles. The molecule has 0 aliphatic rings. The molecule has 0 bridgehead atoms. The van der Waals surface area contributed by atoms with Crippen LogP contribution in [0.2, 0.25) is 5.02 Å². The topological polar surface area (TPSA) is 29.9 Å². The number of fused-ring (bicyclic) bond motifs is 1. The molecule has 0 spiro atoms. The predicted octanol–water partition coefficient (Wildman–Crippen LogP) is 3.39. The zero-order valence-electron chi connectivity index (χ0n) is 9.16. The summed E-state index contributed by atoms with van der Waals surface area (Å²) in [4.78, 5) is 3.12. The fraction of sp³-hybridized carbons (Fsp3) is 0.364. The first kappa shape index (κ1) is 11.6. The third kappa shape index (κ3) is 2.00. The smallest absolute Gasteiger partial charge is 0.178 e. The molecule has 1 unspecified atom stereocenters. The molecule has 1 heterocycles. The minimum absolute atomic E-state index is 0.115. The van der Waals surface area contributed by atoms with E-state index in [4.69, 9.17) is 28.6 Å². The van der Waals surface area contributed by atoms with E-state index in [1.54, 1.807) is 7.11 Å². The van der Waals surface area contributed by atoms with Crippen molar-refractivity contribution >= 4 is 34.9 Å². The van der Waals surface area contributed by atoms with Crippen LogP contribution in [0.4, 0.5) is 0 Å². The van der Waals surface area contributed by atoms with E-state index in [0.717, 1.165) is 17.6 Å². The Bertz CT molecular complexity index is 561. The molecule has 1 atom stereocenters. The van der Waals surface area contributed by atoms with Crippen LogP contribution in [0, 0.1) is 4.77 Å². The minimum Gasteiger partial charge on any atom is -0.380 e. The van der Waals surface area contributed by atoms with Crippen molar-refractivity contribution in [3.05, 3.63) is 28.0 Å². The highest BCUT2D eigenvalue weighted by Gasteiger charge is 2.09. The molecule has 0 aliphatic heterocycles. The fourth-order valence-electron chi connectivity index (χ4n) is 1.66. The van der Waals surface area contributed by atoms with Gasteiger partial charge in [-0.25, -0.2) is 0 Å². The van der Waals surface area contributed by atoms with Crippen LogP contribution in [0.3, 0.4) is 0 Å². The largest absolute Gasteiger partial charge is 0.380 e. The first-order valence-electron chi connectivity index (χ1n) is 5.03. The predicted molar refractivity (Wildman–Crippen MR) is 68.6 cm³/mol. The summed E-state index contributed by atoms with van der Waals surface area (Å²) in [6.45, 7) is 2.72. The number of hydrogen-bond donors (Lipinski definition) is 1. The average Bonchev–Trinajstić information content (AvgIpc) is 2.58. The van der Waals surface area contributed by atoms with Gasteiger partial charge in [0.25, 0.3) is 0 Å². The van der Waals surface area contributed by atoms with Crippen LogP contribution >= 0.6 is 23.8 Å². The van der Waals surface area contributed by atoms with E-state index >= 15 is 0 Å². The maximum absolute atomic E-state index is 6.09. The van der Waals surface area contributed by atoms with Crippen LogP contribution in [0.1, 0.15) is 6.92 Å². The van der Waals surface area contributed by atoms with Crippen molar-refractivity contribution in [1.82, 2.24) is 9.55 Å². The molecule has 0 fully saturated rings. The molecule has 16 heavy (non-hydrogen) atoms. The molecule has 0 amide bonds. The Morgan fingerprint density at radius 1 is 1.56 bits per heavy atom. The number of nitrogens with zero attached hydrogens (tertiary/aromatic N) is 1. The van der Waals surface area contributed by atoms with E-state index in [-0.39, 0.29) is 6.10 Å². The number of rotatable bonds is 3. The third-order valence-electron chi connectivity index (χ3n) is 2.60. The van der Waals surface area contributed by atoms with E-state index < -0.39 is 0 Å². The molecule has 3 nitrogen and oxygen atoms in total. The minimum atomic E-state index is 0.115. The zero-order valence-corrected chi connectivity index (χ0v) is 10.7. The summed E-state index contributed by atoms with van der Waals surface area (Å²) >= 11 is 11.4. The van der Waals surface area contributed by atoms with E-state index in [1.807, 2.05) is 29.7 Å². The Labute approximate surface area is 104 Å². The number of halogens is 1. The highest BCUT2D eigenvalue weighted by Crippen LogP contribution is 2.22. The Hall–Kier alpha value is -0.840. The van der Waals surface area contributed by atoms with Gasteiger partial charge in [-0.3, -0.25) is 0 Å². The summed E-state index contributed by atoms with van der Waals surface area (Å²) in [6.07, 6.45) is 0.115. The Morgan fingerprint density at radius 2 is 2.31 bits per heavy atom. The summed E-state index contributed by atoms with van der Waals surface area (Å²) < 4.78 is 7.92. The van der Waals surface area contributed by atoms with Gasteiger partial charge < -0.3 is 14.3 Å². The Morgan fingerprint density at radius 3 is 3.00 bits per heavy atom. The summed E-state index contributed by atoms with van der Waals surface area (Å²) in [7, 11) is 1.69. The highest BCUT2D eigenvalue weighted by atomic mass is 35.5. The maximum atomic E-state index is 6.09. The van der Waals surface area contributed by atoms with Crippen LogP contribution in [0.25, 0.3) is 11.0 Å². The normalized spacial score (nSPS) is 13.2. The van der Waals surface area contributed by atoms with Crippen molar-refractivity contribution in [3.8, 4) is 0 Å². The number of nitrogens with one attached hydrogen (secondary N) is 1. The van der Waals surface area contributed by atoms with Gasteiger partial charge in [0.05, 0.1) is 28.7 Å². The molecule has 0 radical (unpaired) electrons. The number of hydrogen-bond acceptors (Lipinski definition) is 2. The lowest BCUT2D eigenvalue weighted by Gasteiger charge is -2.10. The number of benzene rings is 1. The van der Waals surface area contributed by atoms with E-state index in [9.17, 15) is 0 Å². The van der Waals surface area contributed by atoms with Gasteiger partial charge in [0.15, 0.2) is 4.77 Å². The van der Waals surface area contributed by atoms with Gasteiger partial charge in [-0.05, 0) is 31.3 Å². The Balaban J connectivity index is 2.57. The molecule has 0 saturated heterocycles. The van der Waals surface area contributed by atoms with Crippen molar-refractivity contribution < 1.29 is 4.74 Å². The number of aromatic amines is 1. The number of para-hydroxylation sites is 1. The van der Waals surface area contributed by atoms with Crippen LogP contribution < -0.4 is 0 Å². The summed E-state index contributed by atoms with van der Waals surface area (Å²) in [5, 5.41) is 0.687. The second kappa shape index (κ2) is 4.57. The fourth-order valence-corrected chi connectivity index (χ4v) is 2.15. The van der Waals surface area contributed by atoms with E-state index in [1.165, 1.54) is 0 Å². The van der Waals surface area contributed by atoms with Crippen LogP contribution in [-0.4, -0.2) is 22.8 Å². The molecule has 86 valence electrons. The summed E-state index contributed by atoms with van der Waals surface area (Å²) in [5.41, 5.74) is 1.90. The molecule has 1 aromatic carbocycles. The molecule has 5 heteroatoms. The molecule has 0 saturated carbocycles. The number of methoxy groups -OCH3 is 1. The lowest BCUT2D eigenvalue weighted by Crippen LogP contribution is -2.14. The Kier molecular flexibility index (Phi) is 3.33. The highest BCUT2D eigenvalue weighted by molar-refractivity contribution is 7.71. The summed E-state index contributed by atoms with van der Waals surface area (Å²) in [6, 6.07) is 5.76. The number of aromatic nitrogens is 2. The lowest BCUT2D eigenvalue weighted by atomic mass is 10.3. The number of ether oxygens (including phenoxy) is 1. The van der Waals surface area contributed by atoms with Crippen LogP contribution in [-0.2, 0) is 11.3 Å². The lowest BCUT2D eigenvalue weighted by molar-refractivity contribution is 0.104. The van der Waals surface area contributed by atoms with Gasteiger partial charge in [0, 0.05) is 7.11 Å². The number of H-pyrrole nitrogens is 1. The van der Waals surface area contributed by atoms with Crippen molar-refractivity contribution in [1.29, 1.82) is 0 Å². The van der Waals surface area contributed by atoms with E-state index in [2.05, 4.69) is 4.98 Å². The third-order valence-corrected chi connectivity index (χ3v) is 3.24. The average molecular weight is 257 g/mol. The van der Waals surface area contributed by atoms with E-state index in [0.29, 0.717) is 9.79 Å². The molecular weight excluding hydrogens is 244 g/mol. The van der Waals surface area contributed by atoms with Crippen molar-refractivity contribution in [2.75, 3.05) is 7.11 Å². The quantitative estimate of drug-likeness (QED) is 0.854. The molecule has 2 rings (SSSR count). The summed E-state index contributed by atoms with van der Waals surface area (Å²) in [5.74, 6) is 0. The molecule has 2 aromatic rings. The van der Waals surface area contributed by atoms with Gasteiger partial charge in [0.1, 0.15) is 0 Å². The van der Waals surface area contributed by atoms with Gasteiger partial charge in [0.2, 0.25) is 0 Å². The van der Waals surface area contributed by atoms with Gasteiger partial charge in [-0.15, -0.1) is 0 Å². The monoisotopic (exact) mass is 256 g/mol. The maximum Gasteiger partial charge on any atom is 0.178 e. The van der Waals surface area contributed by atoms with Gasteiger partial charge >= 0.3 is 0 Å². The van der Waals surface area contributed by atoms with Crippen LogP contribution in [0.15, 0.2) is 18.2 Å². The first-order valence-corrected chi connectivity index (χ1v) is 5.82. The zero-order chi connectivity index (χ0) is 11.7. The molecule has 1 aromatic heterocycles. The standard InChI is InChI=1S/C11H13ClN2OS/c1-7(15-2)6-14-9-5-3-4-8(12)10(9)13-11(14)16/h3-5,7H,6H2,1-2H3,(H,13,16). The molecular formula is C11H13ClN2OS. The molecule has 1 N–H and O–H groups in total. The van der Waals surface area contributed by atoms with Crippen molar-refractivity contribution in [2.45, 2.75) is 19.6 Å². The van der Waals surface area contributed by atoms with Crippen LogP contribution in [0.5, 0.6) is 0 Å². The number of imidazole rings is 1. The van der Waals surface area contributed by atoms with Crippen molar-refractivity contribution in [2.24, 2.45) is 0 Å². The SMILES string of the molecule is COC(C)Cn1c(=S)[nH]c2c(Cl)cccc21. The second-order valence-corrected chi connectivity index (χ2v) is 4.51. The van der Waals surface area contributed by atoms with Crippen molar-refractivity contribution in [3.63, 3.8) is 0 Å².